The number of halogens is 2. The van der Waals surface area contributed by atoms with Crippen molar-refractivity contribution in [1.82, 2.24) is 10.6 Å². The number of nitrogens with one attached hydrogen (secondary N) is 2. The van der Waals surface area contributed by atoms with Gasteiger partial charge in [-0.3, -0.25) is 4.79 Å². The van der Waals surface area contributed by atoms with Crippen LogP contribution in [0, 0.1) is 5.82 Å². The van der Waals surface area contributed by atoms with Gasteiger partial charge in [0, 0.05) is 12.6 Å². The Morgan fingerprint density at radius 1 is 1.20 bits per heavy atom. The summed E-state index contributed by atoms with van der Waals surface area (Å²) >= 11 is 0. The second kappa shape index (κ2) is 8.83. The zero-order chi connectivity index (χ0) is 16.9. The molecule has 0 bridgehead atoms. The lowest BCUT2D eigenvalue weighted by Gasteiger charge is -2.23. The van der Waals surface area contributed by atoms with E-state index in [1.807, 2.05) is 24.3 Å². The van der Waals surface area contributed by atoms with E-state index >= 15 is 0 Å². The summed E-state index contributed by atoms with van der Waals surface area (Å²) in [6, 6.07) is 12.1. The van der Waals surface area contributed by atoms with Gasteiger partial charge < -0.3 is 15.4 Å². The fourth-order valence-corrected chi connectivity index (χ4v) is 2.90. The highest BCUT2D eigenvalue weighted by Crippen LogP contribution is 2.24. The van der Waals surface area contributed by atoms with E-state index in [0.717, 1.165) is 42.8 Å². The van der Waals surface area contributed by atoms with Crippen LogP contribution in [-0.4, -0.2) is 32.1 Å². The highest BCUT2D eigenvalue weighted by atomic mass is 35.5. The van der Waals surface area contributed by atoms with Gasteiger partial charge in [0.1, 0.15) is 11.6 Å². The normalized spacial score (nSPS) is 16.6. The van der Waals surface area contributed by atoms with Crippen molar-refractivity contribution in [1.29, 1.82) is 0 Å². The summed E-state index contributed by atoms with van der Waals surface area (Å²) < 4.78 is 19.5. The lowest BCUT2D eigenvalue weighted by Crippen LogP contribution is -2.45. The second-order valence-corrected chi connectivity index (χ2v) is 5.94. The van der Waals surface area contributed by atoms with Crippen LogP contribution in [0.4, 0.5) is 4.39 Å². The quantitative estimate of drug-likeness (QED) is 0.874. The predicted molar refractivity (Wildman–Crippen MR) is 99.0 cm³/mol. The van der Waals surface area contributed by atoms with Gasteiger partial charge in [-0.1, -0.05) is 18.2 Å². The lowest BCUT2D eigenvalue weighted by atomic mass is 10.0. The van der Waals surface area contributed by atoms with Crippen LogP contribution in [-0.2, 0) is 0 Å². The molecule has 6 heteroatoms. The van der Waals surface area contributed by atoms with E-state index in [1.54, 1.807) is 19.2 Å². The van der Waals surface area contributed by atoms with Crippen molar-refractivity contribution in [3.8, 4) is 16.9 Å². The van der Waals surface area contributed by atoms with Crippen molar-refractivity contribution in [2.24, 2.45) is 0 Å². The largest absolute Gasteiger partial charge is 0.497 e. The van der Waals surface area contributed by atoms with E-state index in [9.17, 15) is 9.18 Å². The van der Waals surface area contributed by atoms with Crippen molar-refractivity contribution in [2.45, 2.75) is 18.9 Å². The molecule has 2 aromatic carbocycles. The van der Waals surface area contributed by atoms with Gasteiger partial charge in [-0.05, 0) is 54.8 Å². The molecular weight excluding hydrogens is 343 g/mol. The Kier molecular flexibility index (Phi) is 6.79. The fraction of sp³-hybridized carbons (Fsp3) is 0.316. The number of hydrogen-bond donors (Lipinski definition) is 2. The molecule has 1 amide bonds. The van der Waals surface area contributed by atoms with Crippen LogP contribution in [0.15, 0.2) is 42.5 Å². The van der Waals surface area contributed by atoms with Crippen molar-refractivity contribution < 1.29 is 13.9 Å². The average Bonchev–Trinajstić information content (AvgIpc) is 2.62. The smallest absolute Gasteiger partial charge is 0.254 e. The Balaban J connectivity index is 0.00000225. The van der Waals surface area contributed by atoms with Crippen molar-refractivity contribution in [3.63, 3.8) is 0 Å². The van der Waals surface area contributed by atoms with Gasteiger partial charge in [0.2, 0.25) is 0 Å². The molecule has 1 saturated heterocycles. The average molecular weight is 365 g/mol. The Morgan fingerprint density at radius 2 is 1.92 bits per heavy atom. The standard InChI is InChI=1S/C19H21FN2O2.ClH/c1-24-16-7-4-13(5-8-16)14-6-9-17(18(20)11-14)19(23)22-15-3-2-10-21-12-15;/h4-9,11,15,21H,2-3,10,12H2,1H3,(H,22,23);1H. The van der Waals surface area contributed by atoms with E-state index in [0.29, 0.717) is 0 Å². The third-order valence-corrected chi connectivity index (χ3v) is 4.27. The molecule has 1 unspecified atom stereocenters. The molecule has 0 saturated carbocycles. The van der Waals surface area contributed by atoms with Crippen LogP contribution in [0.5, 0.6) is 5.75 Å². The number of methoxy groups -OCH3 is 1. The number of carbonyl (C=O) groups excluding carboxylic acids is 1. The summed E-state index contributed by atoms with van der Waals surface area (Å²) in [6.45, 7) is 1.70. The second-order valence-electron chi connectivity index (χ2n) is 5.94. The van der Waals surface area contributed by atoms with Crippen LogP contribution in [0.1, 0.15) is 23.2 Å². The highest BCUT2D eigenvalue weighted by molar-refractivity contribution is 5.95. The minimum atomic E-state index is -0.510. The van der Waals surface area contributed by atoms with Gasteiger partial charge in [0.05, 0.1) is 12.7 Å². The van der Waals surface area contributed by atoms with E-state index in [1.165, 1.54) is 6.07 Å². The molecule has 1 fully saturated rings. The van der Waals surface area contributed by atoms with Crippen LogP contribution in [0.2, 0.25) is 0 Å². The molecule has 1 aliphatic heterocycles. The Labute approximate surface area is 153 Å². The molecule has 0 aliphatic carbocycles. The maximum Gasteiger partial charge on any atom is 0.254 e. The minimum absolute atomic E-state index is 0. The van der Waals surface area contributed by atoms with Gasteiger partial charge in [-0.15, -0.1) is 12.4 Å². The van der Waals surface area contributed by atoms with Crippen molar-refractivity contribution in [2.75, 3.05) is 20.2 Å². The van der Waals surface area contributed by atoms with Crippen LogP contribution < -0.4 is 15.4 Å². The van der Waals surface area contributed by atoms with Gasteiger partial charge in [-0.25, -0.2) is 4.39 Å². The predicted octanol–water partition coefficient (Wildman–Crippen LogP) is 3.40. The van der Waals surface area contributed by atoms with E-state index in [-0.39, 0.29) is 29.9 Å². The molecule has 134 valence electrons. The maximum atomic E-state index is 14.4. The number of piperidine rings is 1. The Bertz CT molecular complexity index is 716. The molecule has 2 N–H and O–H groups in total. The molecule has 1 aliphatic rings. The minimum Gasteiger partial charge on any atom is -0.497 e. The number of carbonyl (C=O) groups is 1. The zero-order valence-electron chi connectivity index (χ0n) is 14.0. The first-order valence-corrected chi connectivity index (χ1v) is 8.13. The molecule has 4 nitrogen and oxygen atoms in total. The SMILES string of the molecule is COc1ccc(-c2ccc(C(=O)NC3CCCNC3)c(F)c2)cc1.Cl. The summed E-state index contributed by atoms with van der Waals surface area (Å²) in [5, 5.41) is 6.12. The van der Waals surface area contributed by atoms with Gasteiger partial charge in [0.15, 0.2) is 0 Å². The lowest BCUT2D eigenvalue weighted by molar-refractivity contribution is 0.0926. The molecule has 0 spiro atoms. The summed E-state index contributed by atoms with van der Waals surface area (Å²) in [4.78, 5) is 12.3. The first-order chi connectivity index (χ1) is 11.7. The number of ether oxygens (including phenoxy) is 1. The first-order valence-electron chi connectivity index (χ1n) is 8.13. The molecule has 1 heterocycles. The van der Waals surface area contributed by atoms with Crippen molar-refractivity contribution >= 4 is 18.3 Å². The first kappa shape index (κ1) is 19.2. The monoisotopic (exact) mass is 364 g/mol. The zero-order valence-corrected chi connectivity index (χ0v) is 14.9. The third kappa shape index (κ3) is 4.71. The topological polar surface area (TPSA) is 50.4 Å². The molecule has 0 aromatic heterocycles. The fourth-order valence-electron chi connectivity index (χ4n) is 2.90. The summed E-state index contributed by atoms with van der Waals surface area (Å²) in [6.07, 6.45) is 1.94. The van der Waals surface area contributed by atoms with Crippen molar-refractivity contribution in [3.05, 3.63) is 53.8 Å². The molecule has 1 atom stereocenters. The van der Waals surface area contributed by atoms with Gasteiger partial charge >= 0.3 is 0 Å². The van der Waals surface area contributed by atoms with E-state index in [2.05, 4.69) is 10.6 Å². The Morgan fingerprint density at radius 3 is 2.52 bits per heavy atom. The molecule has 2 aromatic rings. The molecular formula is C19H22ClFN2O2. The Hall–Kier alpha value is -2.11. The summed E-state index contributed by atoms with van der Waals surface area (Å²) in [7, 11) is 1.60. The maximum absolute atomic E-state index is 14.4. The number of amides is 1. The van der Waals surface area contributed by atoms with Crippen LogP contribution in [0.3, 0.4) is 0 Å². The van der Waals surface area contributed by atoms with Gasteiger partial charge in [0.25, 0.3) is 5.91 Å². The third-order valence-electron chi connectivity index (χ3n) is 4.27. The molecule has 3 rings (SSSR count). The highest BCUT2D eigenvalue weighted by Gasteiger charge is 2.19. The number of hydrogen-bond acceptors (Lipinski definition) is 3. The van der Waals surface area contributed by atoms with Gasteiger partial charge in [-0.2, -0.15) is 0 Å². The van der Waals surface area contributed by atoms with E-state index < -0.39 is 5.82 Å². The van der Waals surface area contributed by atoms with Crippen LogP contribution in [0.25, 0.3) is 11.1 Å². The van der Waals surface area contributed by atoms with E-state index in [4.69, 9.17) is 4.74 Å². The van der Waals surface area contributed by atoms with Crippen LogP contribution >= 0.6 is 12.4 Å². The number of rotatable bonds is 4. The number of benzene rings is 2. The summed E-state index contributed by atoms with van der Waals surface area (Å²) in [5.74, 6) is -0.122. The molecule has 0 radical (unpaired) electrons. The summed E-state index contributed by atoms with van der Waals surface area (Å²) in [5.41, 5.74) is 1.68. The molecule has 25 heavy (non-hydrogen) atoms.